The molecule has 1 fully saturated rings. The zero-order valence-corrected chi connectivity index (χ0v) is 10.2. The lowest BCUT2D eigenvalue weighted by Gasteiger charge is -2.35. The molecule has 1 heterocycles. The molecule has 0 aromatic carbocycles. The first-order chi connectivity index (χ1) is 7.27. The van der Waals surface area contributed by atoms with Crippen molar-refractivity contribution >= 4 is 0 Å². The Morgan fingerprint density at radius 1 is 1.33 bits per heavy atom. The molecule has 0 radical (unpaired) electrons. The number of ether oxygens (including phenoxy) is 2. The fourth-order valence-corrected chi connectivity index (χ4v) is 1.87. The standard InChI is InChI=1S/C11H24N2O2/c1-4-14-11(15-5-2)9-13-7-6-12-8-10(13)3/h10-12H,4-9H2,1-3H3. The summed E-state index contributed by atoms with van der Waals surface area (Å²) >= 11 is 0. The molecule has 0 aliphatic carbocycles. The van der Waals surface area contributed by atoms with Gasteiger partial charge in [0, 0.05) is 45.4 Å². The highest BCUT2D eigenvalue weighted by molar-refractivity contribution is 4.76. The lowest BCUT2D eigenvalue weighted by Crippen LogP contribution is -2.52. The molecule has 4 heteroatoms. The van der Waals surface area contributed by atoms with Gasteiger partial charge >= 0.3 is 0 Å². The first-order valence-electron chi connectivity index (χ1n) is 5.95. The van der Waals surface area contributed by atoms with Crippen molar-refractivity contribution in [2.75, 3.05) is 39.4 Å². The second kappa shape index (κ2) is 7.17. The summed E-state index contributed by atoms with van der Waals surface area (Å²) in [5.74, 6) is 0. The molecule has 0 spiro atoms. The SMILES string of the molecule is CCOC(CN1CCNCC1C)OCC. The molecule has 0 bridgehead atoms. The second-order valence-corrected chi connectivity index (χ2v) is 3.89. The third-order valence-electron chi connectivity index (χ3n) is 2.73. The van der Waals surface area contributed by atoms with Crippen molar-refractivity contribution < 1.29 is 9.47 Å². The molecular formula is C11H24N2O2. The molecule has 1 unspecified atom stereocenters. The van der Waals surface area contributed by atoms with Crippen molar-refractivity contribution in [3.8, 4) is 0 Å². The Morgan fingerprint density at radius 3 is 2.53 bits per heavy atom. The smallest absolute Gasteiger partial charge is 0.170 e. The molecule has 0 aromatic heterocycles. The third kappa shape index (κ3) is 4.47. The first kappa shape index (κ1) is 12.9. The van der Waals surface area contributed by atoms with Crippen LogP contribution in [0.25, 0.3) is 0 Å². The van der Waals surface area contributed by atoms with Gasteiger partial charge in [0.25, 0.3) is 0 Å². The van der Waals surface area contributed by atoms with Gasteiger partial charge in [-0.2, -0.15) is 0 Å². The maximum atomic E-state index is 5.55. The zero-order valence-electron chi connectivity index (χ0n) is 10.2. The van der Waals surface area contributed by atoms with Gasteiger partial charge in [-0.3, -0.25) is 4.90 Å². The molecule has 1 aliphatic rings. The summed E-state index contributed by atoms with van der Waals surface area (Å²) in [6.07, 6.45) is -0.0689. The quantitative estimate of drug-likeness (QED) is 0.662. The summed E-state index contributed by atoms with van der Waals surface area (Å²) in [4.78, 5) is 2.42. The van der Waals surface area contributed by atoms with Crippen LogP contribution in [-0.4, -0.2) is 56.6 Å². The van der Waals surface area contributed by atoms with Gasteiger partial charge in [-0.05, 0) is 20.8 Å². The molecule has 15 heavy (non-hydrogen) atoms. The van der Waals surface area contributed by atoms with E-state index in [-0.39, 0.29) is 6.29 Å². The van der Waals surface area contributed by atoms with Crippen molar-refractivity contribution in [3.05, 3.63) is 0 Å². The summed E-state index contributed by atoms with van der Waals surface area (Å²) < 4.78 is 11.1. The number of nitrogens with zero attached hydrogens (tertiary/aromatic N) is 1. The minimum atomic E-state index is -0.0689. The van der Waals surface area contributed by atoms with Crippen molar-refractivity contribution in [2.45, 2.75) is 33.1 Å². The minimum absolute atomic E-state index is 0.0689. The molecule has 1 rings (SSSR count). The summed E-state index contributed by atoms with van der Waals surface area (Å²) in [7, 11) is 0. The van der Waals surface area contributed by atoms with Crippen molar-refractivity contribution in [1.29, 1.82) is 0 Å². The van der Waals surface area contributed by atoms with Gasteiger partial charge < -0.3 is 14.8 Å². The maximum absolute atomic E-state index is 5.55. The van der Waals surface area contributed by atoms with Gasteiger partial charge in [0.1, 0.15) is 0 Å². The first-order valence-corrected chi connectivity index (χ1v) is 5.95. The highest BCUT2D eigenvalue weighted by atomic mass is 16.7. The molecular weight excluding hydrogens is 192 g/mol. The summed E-state index contributed by atoms with van der Waals surface area (Å²) in [6.45, 7) is 11.8. The van der Waals surface area contributed by atoms with Crippen LogP contribution in [0, 0.1) is 0 Å². The fraction of sp³-hybridized carbons (Fsp3) is 1.00. The van der Waals surface area contributed by atoms with Crippen LogP contribution in [0.3, 0.4) is 0 Å². The third-order valence-corrected chi connectivity index (χ3v) is 2.73. The van der Waals surface area contributed by atoms with Gasteiger partial charge in [-0.1, -0.05) is 0 Å². The maximum Gasteiger partial charge on any atom is 0.170 e. The van der Waals surface area contributed by atoms with E-state index in [4.69, 9.17) is 9.47 Å². The summed E-state index contributed by atoms with van der Waals surface area (Å²) in [5.41, 5.74) is 0. The topological polar surface area (TPSA) is 33.7 Å². The van der Waals surface area contributed by atoms with Gasteiger partial charge in [0.05, 0.1) is 0 Å². The number of nitrogens with one attached hydrogen (secondary N) is 1. The van der Waals surface area contributed by atoms with Crippen LogP contribution in [0.2, 0.25) is 0 Å². The summed E-state index contributed by atoms with van der Waals surface area (Å²) in [6, 6.07) is 0.571. The van der Waals surface area contributed by atoms with Gasteiger partial charge in [-0.15, -0.1) is 0 Å². The molecule has 1 saturated heterocycles. The van der Waals surface area contributed by atoms with Gasteiger partial charge in [0.2, 0.25) is 0 Å². The molecule has 1 N–H and O–H groups in total. The lowest BCUT2D eigenvalue weighted by molar-refractivity contribution is -0.151. The number of piperazine rings is 1. The number of hydrogen-bond donors (Lipinski definition) is 1. The normalized spacial score (nSPS) is 23.6. The lowest BCUT2D eigenvalue weighted by atomic mass is 10.2. The average molecular weight is 216 g/mol. The van der Waals surface area contributed by atoms with Crippen molar-refractivity contribution in [3.63, 3.8) is 0 Å². The molecule has 4 nitrogen and oxygen atoms in total. The predicted molar refractivity (Wildman–Crippen MR) is 60.9 cm³/mol. The van der Waals surface area contributed by atoms with Gasteiger partial charge in [0.15, 0.2) is 6.29 Å². The van der Waals surface area contributed by atoms with Crippen LogP contribution >= 0.6 is 0 Å². The second-order valence-electron chi connectivity index (χ2n) is 3.89. The van der Waals surface area contributed by atoms with Gasteiger partial charge in [-0.25, -0.2) is 0 Å². The molecule has 1 atom stereocenters. The molecule has 0 aromatic rings. The van der Waals surface area contributed by atoms with Crippen molar-refractivity contribution in [1.82, 2.24) is 10.2 Å². The molecule has 0 amide bonds. The molecule has 1 aliphatic heterocycles. The van der Waals surface area contributed by atoms with E-state index in [1.54, 1.807) is 0 Å². The van der Waals surface area contributed by atoms with E-state index in [9.17, 15) is 0 Å². The highest BCUT2D eigenvalue weighted by Crippen LogP contribution is 2.06. The fourth-order valence-electron chi connectivity index (χ4n) is 1.87. The zero-order chi connectivity index (χ0) is 11.1. The van der Waals surface area contributed by atoms with Crippen molar-refractivity contribution in [2.24, 2.45) is 0 Å². The largest absolute Gasteiger partial charge is 0.352 e. The van der Waals surface area contributed by atoms with E-state index < -0.39 is 0 Å². The van der Waals surface area contributed by atoms with Crippen LogP contribution in [0.15, 0.2) is 0 Å². The Kier molecular flexibility index (Phi) is 6.17. The monoisotopic (exact) mass is 216 g/mol. The van der Waals surface area contributed by atoms with E-state index in [0.717, 1.165) is 26.2 Å². The van der Waals surface area contributed by atoms with E-state index in [2.05, 4.69) is 17.1 Å². The Balaban J connectivity index is 2.33. The van der Waals surface area contributed by atoms with E-state index in [1.165, 1.54) is 0 Å². The Hall–Kier alpha value is -0.160. The molecule has 0 saturated carbocycles. The van der Waals surface area contributed by atoms with E-state index >= 15 is 0 Å². The number of rotatable bonds is 6. The van der Waals surface area contributed by atoms with Crippen LogP contribution in [0.4, 0.5) is 0 Å². The highest BCUT2D eigenvalue weighted by Gasteiger charge is 2.21. The van der Waals surface area contributed by atoms with E-state index in [0.29, 0.717) is 19.3 Å². The Morgan fingerprint density at radius 2 is 2.00 bits per heavy atom. The molecule has 90 valence electrons. The van der Waals surface area contributed by atoms with Crippen LogP contribution in [0.5, 0.6) is 0 Å². The van der Waals surface area contributed by atoms with E-state index in [1.807, 2.05) is 13.8 Å². The predicted octanol–water partition coefficient (Wildman–Crippen LogP) is 0.679. The number of hydrogen-bond acceptors (Lipinski definition) is 4. The van der Waals surface area contributed by atoms with Crippen LogP contribution < -0.4 is 5.32 Å². The summed E-state index contributed by atoms with van der Waals surface area (Å²) in [5, 5.41) is 3.38. The minimum Gasteiger partial charge on any atom is -0.352 e. The van der Waals surface area contributed by atoms with Crippen LogP contribution in [0.1, 0.15) is 20.8 Å². The Bertz CT molecular complexity index is 161. The Labute approximate surface area is 92.9 Å². The van der Waals surface area contributed by atoms with Crippen LogP contribution in [-0.2, 0) is 9.47 Å². The average Bonchev–Trinajstić information content (AvgIpc) is 2.22.